The van der Waals surface area contributed by atoms with Crippen LogP contribution in [0.2, 0.25) is 0 Å². The smallest absolute Gasteiger partial charge is 0.119 e. The number of rotatable bonds is 5. The van der Waals surface area contributed by atoms with E-state index >= 15 is 0 Å². The average Bonchev–Trinajstić information content (AvgIpc) is 2.53. The Balaban J connectivity index is 1.49. The van der Waals surface area contributed by atoms with Crippen LogP contribution >= 0.6 is 0 Å². The molecule has 1 aromatic carbocycles. The highest BCUT2D eigenvalue weighted by atomic mass is 16.5. The molecule has 2 aliphatic rings. The largest absolute Gasteiger partial charge is 0.491 e. The van der Waals surface area contributed by atoms with Crippen LogP contribution in [0.5, 0.6) is 5.75 Å². The zero-order valence-electron chi connectivity index (χ0n) is 13.4. The molecular formula is C18H27NO3. The van der Waals surface area contributed by atoms with Gasteiger partial charge in [0.05, 0.1) is 12.7 Å². The molecule has 3 rings (SSSR count). The molecule has 0 spiro atoms. The Morgan fingerprint density at radius 1 is 1.36 bits per heavy atom. The van der Waals surface area contributed by atoms with Gasteiger partial charge in [-0.2, -0.15) is 0 Å². The molecule has 0 aromatic heterocycles. The Morgan fingerprint density at radius 2 is 2.23 bits per heavy atom. The second kappa shape index (κ2) is 7.44. The normalized spacial score (nSPS) is 27.2. The van der Waals surface area contributed by atoms with Crippen LogP contribution in [0.4, 0.5) is 0 Å². The number of hydrogen-bond acceptors (Lipinski definition) is 4. The number of aryl methyl sites for hydroxylation is 1. The summed E-state index contributed by atoms with van der Waals surface area (Å²) in [7, 11) is 0. The summed E-state index contributed by atoms with van der Waals surface area (Å²) in [5.41, 5.74) is 1.17. The first-order valence-corrected chi connectivity index (χ1v) is 8.45. The minimum atomic E-state index is -0.457. The van der Waals surface area contributed by atoms with Gasteiger partial charge in [0.1, 0.15) is 18.5 Å². The molecule has 1 saturated carbocycles. The van der Waals surface area contributed by atoms with Gasteiger partial charge in [-0.3, -0.25) is 4.90 Å². The van der Waals surface area contributed by atoms with Gasteiger partial charge in [-0.25, -0.2) is 0 Å². The molecule has 3 unspecified atom stereocenters. The lowest BCUT2D eigenvalue weighted by Crippen LogP contribution is -2.55. The van der Waals surface area contributed by atoms with Crippen molar-refractivity contribution >= 4 is 0 Å². The second-order valence-electron chi connectivity index (χ2n) is 6.54. The topological polar surface area (TPSA) is 41.9 Å². The summed E-state index contributed by atoms with van der Waals surface area (Å²) in [6.07, 6.45) is 4.81. The van der Waals surface area contributed by atoms with Crippen molar-refractivity contribution in [1.82, 2.24) is 4.90 Å². The first kappa shape index (κ1) is 15.8. The van der Waals surface area contributed by atoms with Crippen LogP contribution in [-0.4, -0.2) is 54.6 Å². The maximum atomic E-state index is 10.3. The molecule has 1 heterocycles. The molecule has 1 aliphatic carbocycles. The quantitative estimate of drug-likeness (QED) is 0.907. The SMILES string of the molecule is Cc1cccc(OCC(O)CN2CCOC3CCCCC32)c1. The Labute approximate surface area is 133 Å². The second-order valence-corrected chi connectivity index (χ2v) is 6.54. The molecule has 22 heavy (non-hydrogen) atoms. The third-order valence-corrected chi connectivity index (χ3v) is 4.72. The van der Waals surface area contributed by atoms with Crippen molar-refractivity contribution in [3.63, 3.8) is 0 Å². The first-order chi connectivity index (χ1) is 10.7. The highest BCUT2D eigenvalue weighted by Crippen LogP contribution is 2.28. The van der Waals surface area contributed by atoms with Crippen LogP contribution in [0, 0.1) is 6.92 Å². The van der Waals surface area contributed by atoms with Gasteiger partial charge >= 0.3 is 0 Å². The van der Waals surface area contributed by atoms with Gasteiger partial charge in [0.15, 0.2) is 0 Å². The van der Waals surface area contributed by atoms with Crippen LogP contribution in [0.1, 0.15) is 31.2 Å². The molecule has 1 saturated heterocycles. The van der Waals surface area contributed by atoms with Crippen LogP contribution in [0.3, 0.4) is 0 Å². The van der Waals surface area contributed by atoms with E-state index in [1.54, 1.807) is 0 Å². The fraction of sp³-hybridized carbons (Fsp3) is 0.667. The molecule has 1 aromatic rings. The fourth-order valence-electron chi connectivity index (χ4n) is 3.62. The molecule has 1 N–H and O–H groups in total. The van der Waals surface area contributed by atoms with E-state index < -0.39 is 6.10 Å². The highest BCUT2D eigenvalue weighted by Gasteiger charge is 2.34. The van der Waals surface area contributed by atoms with Crippen molar-refractivity contribution in [1.29, 1.82) is 0 Å². The average molecular weight is 305 g/mol. The summed E-state index contributed by atoms with van der Waals surface area (Å²) in [6.45, 7) is 4.77. The third kappa shape index (κ3) is 4.00. The van der Waals surface area contributed by atoms with E-state index in [9.17, 15) is 5.11 Å². The molecule has 2 fully saturated rings. The maximum absolute atomic E-state index is 10.3. The number of β-amino-alcohol motifs (C(OH)–C–C–N with tert-alkyl or cyclic N) is 1. The lowest BCUT2D eigenvalue weighted by molar-refractivity contribution is -0.0992. The van der Waals surface area contributed by atoms with Gasteiger partial charge in [0.2, 0.25) is 0 Å². The minimum Gasteiger partial charge on any atom is -0.491 e. The van der Waals surface area contributed by atoms with Crippen LogP contribution in [0.25, 0.3) is 0 Å². The molecule has 3 atom stereocenters. The number of morpholine rings is 1. The third-order valence-electron chi connectivity index (χ3n) is 4.72. The predicted molar refractivity (Wildman–Crippen MR) is 86.2 cm³/mol. The number of ether oxygens (including phenoxy) is 2. The molecule has 0 amide bonds. The fourth-order valence-corrected chi connectivity index (χ4v) is 3.62. The maximum Gasteiger partial charge on any atom is 0.119 e. The number of aliphatic hydroxyl groups excluding tert-OH is 1. The van der Waals surface area contributed by atoms with E-state index in [4.69, 9.17) is 9.47 Å². The summed E-state index contributed by atoms with van der Waals surface area (Å²) < 4.78 is 11.6. The number of hydrogen-bond donors (Lipinski definition) is 1. The van der Waals surface area contributed by atoms with E-state index in [-0.39, 0.29) is 0 Å². The summed E-state index contributed by atoms with van der Waals surface area (Å²) in [6, 6.07) is 8.44. The number of aliphatic hydroxyl groups is 1. The van der Waals surface area contributed by atoms with Gasteiger partial charge in [0.25, 0.3) is 0 Å². The number of benzene rings is 1. The van der Waals surface area contributed by atoms with Gasteiger partial charge in [-0.05, 0) is 37.5 Å². The van der Waals surface area contributed by atoms with Crippen molar-refractivity contribution in [3.8, 4) is 5.75 Å². The molecule has 4 heteroatoms. The van der Waals surface area contributed by atoms with Crippen molar-refractivity contribution in [2.45, 2.75) is 50.9 Å². The van der Waals surface area contributed by atoms with Crippen LogP contribution < -0.4 is 4.74 Å². The monoisotopic (exact) mass is 305 g/mol. The van der Waals surface area contributed by atoms with E-state index in [2.05, 4.69) is 4.90 Å². The molecular weight excluding hydrogens is 278 g/mol. The van der Waals surface area contributed by atoms with Crippen molar-refractivity contribution in [2.75, 3.05) is 26.3 Å². The van der Waals surface area contributed by atoms with E-state index in [0.717, 1.165) is 25.3 Å². The molecule has 122 valence electrons. The minimum absolute atomic E-state index is 0.345. The first-order valence-electron chi connectivity index (χ1n) is 8.45. The van der Waals surface area contributed by atoms with Crippen molar-refractivity contribution < 1.29 is 14.6 Å². The molecule has 4 nitrogen and oxygen atoms in total. The zero-order chi connectivity index (χ0) is 15.4. The van der Waals surface area contributed by atoms with Crippen molar-refractivity contribution in [2.24, 2.45) is 0 Å². The summed E-state index contributed by atoms with van der Waals surface area (Å²) in [5.74, 6) is 0.830. The number of fused-ring (bicyclic) bond motifs is 1. The Hall–Kier alpha value is -1.10. The molecule has 0 bridgehead atoms. The van der Waals surface area contributed by atoms with Gasteiger partial charge < -0.3 is 14.6 Å². The Morgan fingerprint density at radius 3 is 3.09 bits per heavy atom. The van der Waals surface area contributed by atoms with Gasteiger partial charge in [0, 0.05) is 19.1 Å². The summed E-state index contributed by atoms with van der Waals surface area (Å²) >= 11 is 0. The summed E-state index contributed by atoms with van der Waals surface area (Å²) in [4.78, 5) is 2.40. The Kier molecular flexibility index (Phi) is 5.34. The zero-order valence-corrected chi connectivity index (χ0v) is 13.4. The lowest BCUT2D eigenvalue weighted by atomic mass is 9.90. The van der Waals surface area contributed by atoms with Gasteiger partial charge in [-0.1, -0.05) is 25.0 Å². The lowest BCUT2D eigenvalue weighted by Gasteiger charge is -2.44. The predicted octanol–water partition coefficient (Wildman–Crippen LogP) is 2.38. The highest BCUT2D eigenvalue weighted by molar-refractivity contribution is 5.27. The number of nitrogens with zero attached hydrogens (tertiary/aromatic N) is 1. The standard InChI is InChI=1S/C18H27NO3/c1-14-5-4-6-16(11-14)22-13-15(20)12-19-9-10-21-18-8-3-2-7-17(18)19/h4-6,11,15,17-18,20H,2-3,7-10,12-13H2,1H3. The van der Waals surface area contributed by atoms with E-state index in [0.29, 0.717) is 25.3 Å². The van der Waals surface area contributed by atoms with Crippen LogP contribution in [-0.2, 0) is 4.74 Å². The van der Waals surface area contributed by atoms with Crippen LogP contribution in [0.15, 0.2) is 24.3 Å². The van der Waals surface area contributed by atoms with E-state index in [1.807, 2.05) is 31.2 Å². The Bertz CT molecular complexity index is 477. The molecule has 0 radical (unpaired) electrons. The summed E-state index contributed by atoms with van der Waals surface area (Å²) in [5, 5.41) is 10.3. The van der Waals surface area contributed by atoms with E-state index in [1.165, 1.54) is 24.8 Å². The van der Waals surface area contributed by atoms with Gasteiger partial charge in [-0.15, -0.1) is 0 Å². The molecule has 1 aliphatic heterocycles. The van der Waals surface area contributed by atoms with Crippen molar-refractivity contribution in [3.05, 3.63) is 29.8 Å².